The number of thioether (sulfide) groups is 1. The minimum atomic E-state index is -3.15. The predicted molar refractivity (Wildman–Crippen MR) is 74.6 cm³/mol. The van der Waals surface area contributed by atoms with Crippen molar-refractivity contribution in [2.24, 2.45) is 0 Å². The summed E-state index contributed by atoms with van der Waals surface area (Å²) in [6.07, 6.45) is 1.39. The highest BCUT2D eigenvalue weighted by Gasteiger charge is 2.39. The van der Waals surface area contributed by atoms with Gasteiger partial charge in [0.2, 0.25) is 0 Å². The smallest absolute Gasteiger partial charge is 0.271 e. The number of amides is 1. The summed E-state index contributed by atoms with van der Waals surface area (Å²) in [7, 11) is -1.70. The number of methoxy groups -OCH3 is 1. The molecule has 0 spiro atoms. The SMILES string of the molecule is CO[C@@H]1CS(=O)(=O)C[C@H]1NC(=O)c1csc(SC)n1. The van der Waals surface area contributed by atoms with E-state index in [1.165, 1.54) is 30.2 Å². The Labute approximate surface area is 119 Å². The van der Waals surface area contributed by atoms with Crippen molar-refractivity contribution >= 4 is 38.8 Å². The molecule has 9 heteroatoms. The summed E-state index contributed by atoms with van der Waals surface area (Å²) in [5.41, 5.74) is 0.313. The van der Waals surface area contributed by atoms with Gasteiger partial charge in [-0.2, -0.15) is 0 Å². The highest BCUT2D eigenvalue weighted by molar-refractivity contribution is 8.00. The molecule has 1 aliphatic heterocycles. The molecule has 1 aliphatic rings. The molecule has 2 rings (SSSR count). The van der Waals surface area contributed by atoms with Gasteiger partial charge in [-0.25, -0.2) is 13.4 Å². The number of sulfone groups is 1. The molecule has 1 N–H and O–H groups in total. The summed E-state index contributed by atoms with van der Waals surface area (Å²) >= 11 is 2.85. The zero-order valence-electron chi connectivity index (χ0n) is 10.5. The maximum atomic E-state index is 12.0. The van der Waals surface area contributed by atoms with Gasteiger partial charge in [0.1, 0.15) is 10.0 Å². The number of nitrogens with zero attached hydrogens (tertiary/aromatic N) is 1. The number of aromatic nitrogens is 1. The van der Waals surface area contributed by atoms with Crippen molar-refractivity contribution in [3.63, 3.8) is 0 Å². The van der Waals surface area contributed by atoms with E-state index in [0.717, 1.165) is 4.34 Å². The van der Waals surface area contributed by atoms with Crippen LogP contribution in [0.15, 0.2) is 9.72 Å². The first kappa shape index (κ1) is 14.8. The molecule has 0 bridgehead atoms. The Kier molecular flexibility index (Phi) is 4.49. The fraction of sp³-hybridized carbons (Fsp3) is 0.600. The number of carbonyl (C=O) groups is 1. The van der Waals surface area contributed by atoms with Gasteiger partial charge in [-0.15, -0.1) is 11.3 Å². The Morgan fingerprint density at radius 2 is 2.32 bits per heavy atom. The van der Waals surface area contributed by atoms with E-state index in [-0.39, 0.29) is 17.4 Å². The van der Waals surface area contributed by atoms with Crippen LogP contribution < -0.4 is 5.32 Å². The largest absolute Gasteiger partial charge is 0.378 e. The molecule has 0 radical (unpaired) electrons. The molecule has 106 valence electrons. The minimum absolute atomic E-state index is 0.0540. The van der Waals surface area contributed by atoms with E-state index < -0.39 is 22.0 Å². The summed E-state index contributed by atoms with van der Waals surface area (Å²) in [5, 5.41) is 4.34. The van der Waals surface area contributed by atoms with Gasteiger partial charge >= 0.3 is 0 Å². The molecule has 19 heavy (non-hydrogen) atoms. The summed E-state index contributed by atoms with van der Waals surface area (Å²) in [4.78, 5) is 16.1. The van der Waals surface area contributed by atoms with Crippen LogP contribution in [-0.2, 0) is 14.6 Å². The topological polar surface area (TPSA) is 85.4 Å². The van der Waals surface area contributed by atoms with Gasteiger partial charge in [-0.1, -0.05) is 11.8 Å². The Morgan fingerprint density at radius 3 is 2.89 bits per heavy atom. The number of hydrogen-bond donors (Lipinski definition) is 1. The normalized spacial score (nSPS) is 25.4. The van der Waals surface area contributed by atoms with Crippen LogP contribution in [0.2, 0.25) is 0 Å². The van der Waals surface area contributed by atoms with Gasteiger partial charge in [0, 0.05) is 12.5 Å². The van der Waals surface area contributed by atoms with Crippen LogP contribution in [-0.4, -0.2) is 56.3 Å². The lowest BCUT2D eigenvalue weighted by Gasteiger charge is -2.17. The molecule has 0 unspecified atom stereocenters. The van der Waals surface area contributed by atoms with Crippen LogP contribution in [0.25, 0.3) is 0 Å². The number of ether oxygens (including phenoxy) is 1. The van der Waals surface area contributed by atoms with Crippen LogP contribution in [0.1, 0.15) is 10.5 Å². The summed E-state index contributed by atoms with van der Waals surface area (Å²) < 4.78 is 29.0. The summed E-state index contributed by atoms with van der Waals surface area (Å²) in [6.45, 7) is 0. The van der Waals surface area contributed by atoms with Crippen LogP contribution in [0.5, 0.6) is 0 Å². The highest BCUT2D eigenvalue weighted by atomic mass is 32.2. The van der Waals surface area contributed by atoms with Gasteiger partial charge in [-0.05, 0) is 6.26 Å². The van der Waals surface area contributed by atoms with Crippen molar-refractivity contribution in [1.29, 1.82) is 0 Å². The third kappa shape index (κ3) is 3.47. The minimum Gasteiger partial charge on any atom is -0.378 e. The molecule has 0 aromatic carbocycles. The lowest BCUT2D eigenvalue weighted by Crippen LogP contribution is -2.43. The van der Waals surface area contributed by atoms with Crippen LogP contribution in [0.3, 0.4) is 0 Å². The molecule has 2 atom stereocenters. The molecular formula is C10H14N2O4S3. The average Bonchev–Trinajstić information content (AvgIpc) is 2.93. The second-order valence-electron chi connectivity index (χ2n) is 4.13. The zero-order valence-corrected chi connectivity index (χ0v) is 12.9. The van der Waals surface area contributed by atoms with Crippen molar-refractivity contribution in [3.8, 4) is 0 Å². The first-order valence-corrected chi connectivity index (χ1v) is 9.41. The van der Waals surface area contributed by atoms with Crippen molar-refractivity contribution in [3.05, 3.63) is 11.1 Å². The van der Waals surface area contributed by atoms with Crippen LogP contribution in [0.4, 0.5) is 0 Å². The van der Waals surface area contributed by atoms with Crippen molar-refractivity contribution < 1.29 is 17.9 Å². The van der Waals surface area contributed by atoms with Gasteiger partial charge in [0.25, 0.3) is 5.91 Å². The molecule has 1 aromatic heterocycles. The molecule has 1 fully saturated rings. The Morgan fingerprint density at radius 1 is 1.58 bits per heavy atom. The van der Waals surface area contributed by atoms with Gasteiger partial charge in [0.05, 0.1) is 23.7 Å². The monoisotopic (exact) mass is 322 g/mol. The van der Waals surface area contributed by atoms with E-state index in [1.807, 2.05) is 6.26 Å². The molecule has 0 saturated carbocycles. The lowest BCUT2D eigenvalue weighted by atomic mass is 10.2. The Hall–Kier alpha value is -0.640. The molecule has 2 heterocycles. The maximum absolute atomic E-state index is 12.0. The van der Waals surface area contributed by atoms with Gasteiger partial charge in [0.15, 0.2) is 9.84 Å². The molecule has 1 aromatic rings. The maximum Gasteiger partial charge on any atom is 0.271 e. The van der Waals surface area contributed by atoms with E-state index in [0.29, 0.717) is 5.69 Å². The number of thiazole rings is 1. The quantitative estimate of drug-likeness (QED) is 0.808. The standard InChI is InChI=1S/C10H14N2O4S3/c1-16-8-5-19(14,15)4-7(8)11-9(13)6-3-18-10(12-6)17-2/h3,7-8H,4-5H2,1-2H3,(H,11,13)/t7-,8-/m1/s1. The molecule has 6 nitrogen and oxygen atoms in total. The van der Waals surface area contributed by atoms with Crippen molar-refractivity contribution in [2.75, 3.05) is 24.9 Å². The summed E-state index contributed by atoms with van der Waals surface area (Å²) in [5.74, 6) is -0.501. The molecule has 0 aliphatic carbocycles. The average molecular weight is 322 g/mol. The third-order valence-corrected chi connectivity index (χ3v) is 6.38. The van der Waals surface area contributed by atoms with E-state index >= 15 is 0 Å². The first-order chi connectivity index (χ1) is 8.95. The van der Waals surface area contributed by atoms with E-state index in [9.17, 15) is 13.2 Å². The van der Waals surface area contributed by atoms with Crippen molar-refractivity contribution in [2.45, 2.75) is 16.5 Å². The Balaban J connectivity index is 2.06. The molecule has 1 saturated heterocycles. The van der Waals surface area contributed by atoms with Crippen LogP contribution >= 0.6 is 23.1 Å². The zero-order chi connectivity index (χ0) is 14.0. The molecule has 1 amide bonds. The first-order valence-electron chi connectivity index (χ1n) is 5.49. The fourth-order valence-electron chi connectivity index (χ4n) is 1.88. The molecular weight excluding hydrogens is 308 g/mol. The number of carbonyl (C=O) groups excluding carboxylic acids is 1. The van der Waals surface area contributed by atoms with Crippen LogP contribution in [0, 0.1) is 0 Å². The van der Waals surface area contributed by atoms with E-state index in [1.54, 1.807) is 5.38 Å². The second kappa shape index (κ2) is 5.78. The fourth-order valence-corrected chi connectivity index (χ4v) is 4.97. The van der Waals surface area contributed by atoms with Gasteiger partial charge < -0.3 is 10.1 Å². The van der Waals surface area contributed by atoms with E-state index in [2.05, 4.69) is 10.3 Å². The van der Waals surface area contributed by atoms with Crippen molar-refractivity contribution in [1.82, 2.24) is 10.3 Å². The highest BCUT2D eigenvalue weighted by Crippen LogP contribution is 2.20. The Bertz CT molecular complexity index is 569. The van der Waals surface area contributed by atoms with Gasteiger partial charge in [-0.3, -0.25) is 4.79 Å². The second-order valence-corrected chi connectivity index (χ2v) is 8.20. The van der Waals surface area contributed by atoms with E-state index in [4.69, 9.17) is 4.74 Å². The number of nitrogens with one attached hydrogen (secondary N) is 1. The number of hydrogen-bond acceptors (Lipinski definition) is 7. The predicted octanol–water partition coefficient (Wildman–Crippen LogP) is 0.407. The summed E-state index contributed by atoms with van der Waals surface area (Å²) in [6, 6.07) is -0.512. The number of rotatable bonds is 4. The third-order valence-electron chi connectivity index (χ3n) is 2.81. The lowest BCUT2D eigenvalue weighted by molar-refractivity contribution is 0.0783.